The molecule has 0 rings (SSSR count). The molecule has 0 aliphatic carbocycles. The van der Waals surface area contributed by atoms with E-state index in [9.17, 15) is 43.2 Å². The fraction of sp³-hybridized carbons (Fsp3) is 0.951. The number of phosphoric ester groups is 2. The summed E-state index contributed by atoms with van der Waals surface area (Å²) in [5, 5.41) is 10.6. The van der Waals surface area contributed by atoms with Gasteiger partial charge in [-0.2, -0.15) is 0 Å². The zero-order chi connectivity index (χ0) is 74.4. The predicted molar refractivity (Wildman–Crippen MR) is 414 cm³/mol. The summed E-state index contributed by atoms with van der Waals surface area (Å²) < 4.78 is 68.7. The molecule has 0 saturated heterocycles. The van der Waals surface area contributed by atoms with Crippen molar-refractivity contribution in [1.82, 2.24) is 0 Å². The van der Waals surface area contributed by atoms with Crippen molar-refractivity contribution < 1.29 is 80.2 Å². The van der Waals surface area contributed by atoms with E-state index in [4.69, 9.17) is 37.0 Å². The average Bonchev–Trinajstić information content (AvgIpc) is 0.970. The Morgan fingerprint density at radius 1 is 0.287 bits per heavy atom. The number of hydrogen-bond donors (Lipinski definition) is 3. The maximum absolute atomic E-state index is 13.1. The van der Waals surface area contributed by atoms with Gasteiger partial charge in [0.05, 0.1) is 26.4 Å². The van der Waals surface area contributed by atoms with E-state index in [1.54, 1.807) is 0 Å². The number of esters is 4. The van der Waals surface area contributed by atoms with Gasteiger partial charge in [0, 0.05) is 25.7 Å². The van der Waals surface area contributed by atoms with E-state index >= 15 is 0 Å². The van der Waals surface area contributed by atoms with Crippen LogP contribution < -0.4 is 0 Å². The number of ether oxygens (including phenoxy) is 4. The van der Waals surface area contributed by atoms with Crippen LogP contribution in [0.3, 0.4) is 0 Å². The molecule has 0 spiro atoms. The Morgan fingerprint density at radius 3 is 0.752 bits per heavy atom. The van der Waals surface area contributed by atoms with Gasteiger partial charge in [-0.05, 0) is 43.4 Å². The van der Waals surface area contributed by atoms with Crippen LogP contribution in [0.4, 0.5) is 0 Å². The normalized spacial score (nSPS) is 14.2. The van der Waals surface area contributed by atoms with Gasteiger partial charge in [0.2, 0.25) is 0 Å². The Labute approximate surface area is 619 Å². The summed E-state index contributed by atoms with van der Waals surface area (Å²) >= 11 is 0. The monoisotopic (exact) mass is 1480 g/mol. The van der Waals surface area contributed by atoms with E-state index < -0.39 is 97.5 Å². The van der Waals surface area contributed by atoms with E-state index in [2.05, 4.69) is 48.5 Å². The zero-order valence-corrected chi connectivity index (χ0v) is 68.2. The second-order valence-corrected chi connectivity index (χ2v) is 33.6. The smallest absolute Gasteiger partial charge is 0.462 e. The zero-order valence-electron chi connectivity index (χ0n) is 66.4. The van der Waals surface area contributed by atoms with E-state index in [1.807, 2.05) is 0 Å². The van der Waals surface area contributed by atoms with Gasteiger partial charge in [-0.15, -0.1) is 0 Å². The first-order valence-electron chi connectivity index (χ1n) is 42.4. The summed E-state index contributed by atoms with van der Waals surface area (Å²) in [7, 11) is -9.92. The minimum Gasteiger partial charge on any atom is -0.462 e. The Balaban J connectivity index is 5.20. The Bertz CT molecular complexity index is 1960. The lowest BCUT2D eigenvalue weighted by atomic mass is 10.00. The van der Waals surface area contributed by atoms with Crippen LogP contribution in [0.2, 0.25) is 0 Å². The molecule has 0 aliphatic heterocycles. The van der Waals surface area contributed by atoms with Crippen LogP contribution >= 0.6 is 15.6 Å². The molecule has 3 unspecified atom stereocenters. The van der Waals surface area contributed by atoms with Crippen LogP contribution in [0.5, 0.6) is 0 Å². The van der Waals surface area contributed by atoms with Crippen molar-refractivity contribution in [2.45, 2.75) is 446 Å². The molecule has 0 heterocycles. The number of phosphoric acid groups is 2. The molecule has 6 atom stereocenters. The van der Waals surface area contributed by atoms with Gasteiger partial charge in [-0.1, -0.05) is 376 Å². The van der Waals surface area contributed by atoms with E-state index in [0.717, 1.165) is 114 Å². The fourth-order valence-electron chi connectivity index (χ4n) is 12.6. The summed E-state index contributed by atoms with van der Waals surface area (Å²) in [4.78, 5) is 73.0. The molecular formula is C82H160O17P2. The predicted octanol–water partition coefficient (Wildman–Crippen LogP) is 24.5. The molecule has 0 saturated carbocycles. The summed E-state index contributed by atoms with van der Waals surface area (Å²) in [6.45, 7) is 11.9. The first kappa shape index (κ1) is 99.1. The highest BCUT2D eigenvalue weighted by Crippen LogP contribution is 2.45. The number of carbonyl (C=O) groups is 4. The molecule has 101 heavy (non-hydrogen) atoms. The number of hydrogen-bond acceptors (Lipinski definition) is 15. The van der Waals surface area contributed by atoms with Crippen LogP contribution in [-0.4, -0.2) is 96.7 Å². The minimum atomic E-state index is -4.96. The maximum Gasteiger partial charge on any atom is 0.472 e. The number of aliphatic hydroxyl groups is 1. The van der Waals surface area contributed by atoms with Crippen molar-refractivity contribution in [3.05, 3.63) is 0 Å². The highest BCUT2D eigenvalue weighted by atomic mass is 31.2. The van der Waals surface area contributed by atoms with Crippen LogP contribution in [-0.2, 0) is 65.4 Å². The highest BCUT2D eigenvalue weighted by Gasteiger charge is 2.30. The molecule has 0 aliphatic rings. The molecule has 3 N–H and O–H groups in total. The SMILES string of the molecule is CCCCCCCCCCCCCCCCCCCCCCCC(=O)O[C@H](COC(=O)CCCCCCCCCCCCCCCCCCC(C)C)COP(=O)(O)OC[C@@H](O)COP(=O)(O)OC[C@@H](COC(=O)CCCCCCCCC(C)CC)OC(=O)CCCCCCCCCCC(C)C. The average molecular weight is 1480 g/mol. The van der Waals surface area contributed by atoms with E-state index in [-0.39, 0.29) is 25.7 Å². The second-order valence-electron chi connectivity index (χ2n) is 30.7. The standard InChI is InChI=1S/C82H160O17P2/c1-8-10-11-12-13-14-15-16-17-18-19-20-21-22-27-30-33-36-42-51-58-65-81(86)98-77(69-92-79(84)63-56-49-41-35-32-29-26-24-23-25-28-31-34-39-46-53-60-73(3)4)71-96-100(88,89)94-67-76(83)68-95-101(90,91)97-72-78(70-93-80(85)64-57-50-45-44-48-55-62-75(7)9-2)99-82(87)66-59-52-43-38-37-40-47-54-61-74(5)6/h73-78,83H,8-72H2,1-7H3,(H,88,89)(H,90,91)/t75?,76-,77-,78-/m1/s1. The van der Waals surface area contributed by atoms with Crippen molar-refractivity contribution in [2.24, 2.45) is 17.8 Å². The van der Waals surface area contributed by atoms with Gasteiger partial charge in [-0.25, -0.2) is 9.13 Å². The van der Waals surface area contributed by atoms with Gasteiger partial charge in [0.25, 0.3) is 0 Å². The van der Waals surface area contributed by atoms with Crippen molar-refractivity contribution >= 4 is 39.5 Å². The largest absolute Gasteiger partial charge is 0.472 e. The van der Waals surface area contributed by atoms with Crippen molar-refractivity contribution in [3.63, 3.8) is 0 Å². The third kappa shape index (κ3) is 74.7. The first-order chi connectivity index (χ1) is 48.8. The lowest BCUT2D eigenvalue weighted by Gasteiger charge is -2.21. The Morgan fingerprint density at radius 2 is 0.505 bits per heavy atom. The van der Waals surface area contributed by atoms with Crippen molar-refractivity contribution in [1.29, 1.82) is 0 Å². The van der Waals surface area contributed by atoms with Crippen molar-refractivity contribution in [3.8, 4) is 0 Å². The summed E-state index contributed by atoms with van der Waals surface area (Å²) in [5.41, 5.74) is 0. The molecule has 0 fully saturated rings. The van der Waals surface area contributed by atoms with Crippen LogP contribution in [0, 0.1) is 17.8 Å². The molecule has 0 amide bonds. The van der Waals surface area contributed by atoms with Gasteiger partial charge in [0.15, 0.2) is 12.2 Å². The number of rotatable bonds is 80. The third-order valence-corrected chi connectivity index (χ3v) is 21.4. The van der Waals surface area contributed by atoms with Gasteiger partial charge < -0.3 is 33.8 Å². The van der Waals surface area contributed by atoms with E-state index in [0.29, 0.717) is 25.7 Å². The highest BCUT2D eigenvalue weighted by molar-refractivity contribution is 7.47. The number of carbonyl (C=O) groups excluding carboxylic acids is 4. The third-order valence-electron chi connectivity index (χ3n) is 19.5. The van der Waals surface area contributed by atoms with Crippen LogP contribution in [0.1, 0.15) is 427 Å². The number of unbranched alkanes of at least 4 members (excludes halogenated alkanes) is 47. The summed E-state index contributed by atoms with van der Waals surface area (Å²) in [6.07, 6.45) is 61.4. The lowest BCUT2D eigenvalue weighted by molar-refractivity contribution is -0.161. The Hall–Kier alpha value is -1.94. The second kappa shape index (κ2) is 72.3. The molecule has 0 radical (unpaired) electrons. The van der Waals surface area contributed by atoms with Crippen LogP contribution in [0.15, 0.2) is 0 Å². The molecule has 17 nitrogen and oxygen atoms in total. The van der Waals surface area contributed by atoms with Crippen molar-refractivity contribution in [2.75, 3.05) is 39.6 Å². The fourth-order valence-corrected chi connectivity index (χ4v) is 14.2. The van der Waals surface area contributed by atoms with E-state index in [1.165, 1.54) is 231 Å². The molecule has 19 heteroatoms. The lowest BCUT2D eigenvalue weighted by Crippen LogP contribution is -2.30. The van der Waals surface area contributed by atoms with Crippen LogP contribution in [0.25, 0.3) is 0 Å². The van der Waals surface area contributed by atoms with Gasteiger partial charge >= 0.3 is 39.5 Å². The molecule has 0 aromatic rings. The minimum absolute atomic E-state index is 0.104. The summed E-state index contributed by atoms with van der Waals surface area (Å²) in [5.74, 6) is 0.147. The molecule has 0 aromatic heterocycles. The number of aliphatic hydroxyl groups excluding tert-OH is 1. The molecular weight excluding hydrogens is 1320 g/mol. The maximum atomic E-state index is 13.1. The molecule has 0 aromatic carbocycles. The Kier molecular flexibility index (Phi) is 70.9. The quantitative estimate of drug-likeness (QED) is 0.0222. The molecule has 0 bridgehead atoms. The van der Waals surface area contributed by atoms with Gasteiger partial charge in [-0.3, -0.25) is 37.3 Å². The summed E-state index contributed by atoms with van der Waals surface area (Å²) in [6, 6.07) is 0. The topological polar surface area (TPSA) is 237 Å². The van der Waals surface area contributed by atoms with Gasteiger partial charge in [0.1, 0.15) is 19.3 Å². The first-order valence-corrected chi connectivity index (χ1v) is 45.4. The molecule has 600 valence electrons.